The Balaban J connectivity index is 2.21. The summed E-state index contributed by atoms with van der Waals surface area (Å²) in [6, 6.07) is 12.8. The van der Waals surface area contributed by atoms with Gasteiger partial charge < -0.3 is 24.4 Å². The summed E-state index contributed by atoms with van der Waals surface area (Å²) in [7, 11) is 1.62. The lowest BCUT2D eigenvalue weighted by Gasteiger charge is -2.31. The number of amides is 2. The molecule has 2 amide bonds. The Hall–Kier alpha value is -3.22. The van der Waals surface area contributed by atoms with Crippen molar-refractivity contribution in [3.05, 3.63) is 53.6 Å². The van der Waals surface area contributed by atoms with Crippen LogP contribution in [0.4, 0.5) is 0 Å². The normalized spacial score (nSPS) is 11.5. The zero-order valence-corrected chi connectivity index (χ0v) is 21.8. The topological polar surface area (TPSA) is 77.1 Å². The number of aryl methyl sites for hydroxylation is 1. The molecule has 0 aromatic heterocycles. The van der Waals surface area contributed by atoms with E-state index in [-0.39, 0.29) is 18.2 Å². The number of rotatable bonds is 15. The molecular formula is C28H40N2O5. The number of carbonyl (C=O) groups excluding carboxylic acids is 2. The standard InChI is InChI=1S/C28H40N2O5/c1-6-18-29-28(32)24(7-2)30(20-22-10-14-23(33-5)15-11-22)27(31)17-13-21-12-16-25(34-8-3)26(19-21)35-9-4/h10-12,14-16,19,24H,6-9,13,17-18,20H2,1-5H3,(H,29,32)/t24-/m0/s1. The van der Waals surface area contributed by atoms with Gasteiger partial charge in [0.25, 0.3) is 0 Å². The first kappa shape index (κ1) is 28.0. The van der Waals surface area contributed by atoms with Crippen molar-refractivity contribution in [1.82, 2.24) is 10.2 Å². The zero-order valence-electron chi connectivity index (χ0n) is 21.8. The van der Waals surface area contributed by atoms with Gasteiger partial charge in [0.2, 0.25) is 11.8 Å². The van der Waals surface area contributed by atoms with Gasteiger partial charge in [-0.1, -0.05) is 32.0 Å². The lowest BCUT2D eigenvalue weighted by Crippen LogP contribution is -2.49. The molecule has 2 aromatic carbocycles. The molecule has 0 unspecified atom stereocenters. The smallest absolute Gasteiger partial charge is 0.242 e. The van der Waals surface area contributed by atoms with Crippen LogP contribution in [-0.2, 0) is 22.6 Å². The number of methoxy groups -OCH3 is 1. The first-order valence-corrected chi connectivity index (χ1v) is 12.6. The molecular weight excluding hydrogens is 444 g/mol. The lowest BCUT2D eigenvalue weighted by molar-refractivity contribution is -0.141. The monoisotopic (exact) mass is 484 g/mol. The summed E-state index contributed by atoms with van der Waals surface area (Å²) >= 11 is 0. The van der Waals surface area contributed by atoms with Crippen molar-refractivity contribution >= 4 is 11.8 Å². The summed E-state index contributed by atoms with van der Waals surface area (Å²) in [4.78, 5) is 28.1. The Morgan fingerprint density at radius 1 is 0.914 bits per heavy atom. The third-order valence-electron chi connectivity index (χ3n) is 5.68. The van der Waals surface area contributed by atoms with Gasteiger partial charge in [-0.2, -0.15) is 0 Å². The van der Waals surface area contributed by atoms with E-state index in [1.807, 2.05) is 70.2 Å². The van der Waals surface area contributed by atoms with E-state index in [0.29, 0.717) is 50.6 Å². The summed E-state index contributed by atoms with van der Waals surface area (Å²) in [5.41, 5.74) is 1.93. The number of ether oxygens (including phenoxy) is 3. The van der Waals surface area contributed by atoms with Gasteiger partial charge in [-0.15, -0.1) is 0 Å². The molecule has 0 aliphatic carbocycles. The van der Waals surface area contributed by atoms with Crippen LogP contribution in [0, 0.1) is 0 Å². The molecule has 0 saturated carbocycles. The van der Waals surface area contributed by atoms with Crippen LogP contribution in [0.1, 0.15) is 58.1 Å². The van der Waals surface area contributed by atoms with E-state index < -0.39 is 6.04 Å². The lowest BCUT2D eigenvalue weighted by atomic mass is 10.1. The first-order chi connectivity index (χ1) is 17.0. The molecule has 0 heterocycles. The van der Waals surface area contributed by atoms with Crippen molar-refractivity contribution in [2.75, 3.05) is 26.9 Å². The number of nitrogens with zero attached hydrogens (tertiary/aromatic N) is 1. The van der Waals surface area contributed by atoms with Crippen molar-refractivity contribution in [2.45, 2.75) is 66.0 Å². The Morgan fingerprint density at radius 2 is 1.57 bits per heavy atom. The molecule has 0 aliphatic rings. The number of benzene rings is 2. The molecule has 0 spiro atoms. The maximum absolute atomic E-state index is 13.5. The largest absolute Gasteiger partial charge is 0.497 e. The second-order valence-electron chi connectivity index (χ2n) is 8.23. The van der Waals surface area contributed by atoms with Crippen LogP contribution in [0.15, 0.2) is 42.5 Å². The van der Waals surface area contributed by atoms with Crippen LogP contribution >= 0.6 is 0 Å². The van der Waals surface area contributed by atoms with Crippen molar-refractivity contribution in [3.63, 3.8) is 0 Å². The molecule has 0 aliphatic heterocycles. The molecule has 7 nitrogen and oxygen atoms in total. The van der Waals surface area contributed by atoms with E-state index in [1.54, 1.807) is 12.0 Å². The van der Waals surface area contributed by atoms with Crippen molar-refractivity contribution < 1.29 is 23.8 Å². The van der Waals surface area contributed by atoms with Crippen LogP contribution in [0.5, 0.6) is 17.2 Å². The molecule has 0 bridgehead atoms. The molecule has 35 heavy (non-hydrogen) atoms. The van der Waals surface area contributed by atoms with E-state index in [4.69, 9.17) is 14.2 Å². The van der Waals surface area contributed by atoms with Crippen LogP contribution in [0.3, 0.4) is 0 Å². The second kappa shape index (κ2) is 14.9. The first-order valence-electron chi connectivity index (χ1n) is 12.6. The predicted molar refractivity (Wildman–Crippen MR) is 138 cm³/mol. The van der Waals surface area contributed by atoms with E-state index in [0.717, 1.165) is 23.3 Å². The fourth-order valence-electron chi connectivity index (χ4n) is 3.86. The Labute approximate surface area is 209 Å². The van der Waals surface area contributed by atoms with Gasteiger partial charge >= 0.3 is 0 Å². The third-order valence-corrected chi connectivity index (χ3v) is 5.68. The average Bonchev–Trinajstić information content (AvgIpc) is 2.87. The number of nitrogens with one attached hydrogen (secondary N) is 1. The quantitative estimate of drug-likeness (QED) is 0.394. The van der Waals surface area contributed by atoms with Crippen LogP contribution in [0.2, 0.25) is 0 Å². The van der Waals surface area contributed by atoms with Crippen molar-refractivity contribution in [3.8, 4) is 17.2 Å². The van der Waals surface area contributed by atoms with Crippen molar-refractivity contribution in [1.29, 1.82) is 0 Å². The molecule has 0 fully saturated rings. The number of hydrogen-bond acceptors (Lipinski definition) is 5. The highest BCUT2D eigenvalue weighted by Crippen LogP contribution is 2.29. The maximum atomic E-state index is 13.5. The minimum atomic E-state index is -0.532. The average molecular weight is 485 g/mol. The molecule has 0 saturated heterocycles. The molecule has 7 heteroatoms. The summed E-state index contributed by atoms with van der Waals surface area (Å²) in [6.45, 7) is 9.83. The van der Waals surface area contributed by atoms with Gasteiger partial charge in [0, 0.05) is 19.5 Å². The van der Waals surface area contributed by atoms with Crippen LogP contribution in [-0.4, -0.2) is 49.6 Å². The minimum Gasteiger partial charge on any atom is -0.497 e. The van der Waals surface area contributed by atoms with E-state index in [2.05, 4.69) is 5.32 Å². The highest BCUT2D eigenvalue weighted by Gasteiger charge is 2.28. The van der Waals surface area contributed by atoms with Crippen LogP contribution in [0.25, 0.3) is 0 Å². The second-order valence-corrected chi connectivity index (χ2v) is 8.23. The highest BCUT2D eigenvalue weighted by molar-refractivity contribution is 5.87. The molecule has 2 aromatic rings. The van der Waals surface area contributed by atoms with Gasteiger partial charge in [-0.25, -0.2) is 0 Å². The number of hydrogen-bond donors (Lipinski definition) is 1. The fraction of sp³-hybridized carbons (Fsp3) is 0.500. The Morgan fingerprint density at radius 3 is 2.17 bits per heavy atom. The van der Waals surface area contributed by atoms with Gasteiger partial charge in [0.1, 0.15) is 11.8 Å². The number of carbonyl (C=O) groups is 2. The summed E-state index contributed by atoms with van der Waals surface area (Å²) < 4.78 is 16.6. The molecule has 0 radical (unpaired) electrons. The summed E-state index contributed by atoms with van der Waals surface area (Å²) in [6.07, 6.45) is 2.20. The zero-order chi connectivity index (χ0) is 25.6. The Kier molecular flexibility index (Phi) is 11.9. The summed E-state index contributed by atoms with van der Waals surface area (Å²) in [5.74, 6) is 1.95. The highest BCUT2D eigenvalue weighted by atomic mass is 16.5. The van der Waals surface area contributed by atoms with E-state index in [1.165, 1.54) is 0 Å². The SMILES string of the molecule is CCCNC(=O)[C@H](CC)N(Cc1ccc(OC)cc1)C(=O)CCc1ccc(OCC)c(OCC)c1. The van der Waals surface area contributed by atoms with Gasteiger partial charge in [-0.3, -0.25) is 9.59 Å². The van der Waals surface area contributed by atoms with E-state index >= 15 is 0 Å². The van der Waals surface area contributed by atoms with E-state index in [9.17, 15) is 9.59 Å². The summed E-state index contributed by atoms with van der Waals surface area (Å²) in [5, 5.41) is 2.95. The van der Waals surface area contributed by atoms with Crippen LogP contribution < -0.4 is 19.5 Å². The van der Waals surface area contributed by atoms with Gasteiger partial charge in [-0.05, 0) is 68.5 Å². The predicted octanol–water partition coefficient (Wildman–Crippen LogP) is 4.76. The van der Waals surface area contributed by atoms with Gasteiger partial charge in [0.05, 0.1) is 20.3 Å². The molecule has 1 N–H and O–H groups in total. The fourth-order valence-corrected chi connectivity index (χ4v) is 3.86. The molecule has 192 valence electrons. The van der Waals surface area contributed by atoms with Crippen molar-refractivity contribution in [2.24, 2.45) is 0 Å². The Bertz CT molecular complexity index is 929. The minimum absolute atomic E-state index is 0.0637. The van der Waals surface area contributed by atoms with Gasteiger partial charge in [0.15, 0.2) is 11.5 Å². The maximum Gasteiger partial charge on any atom is 0.242 e. The molecule has 1 atom stereocenters. The molecule has 2 rings (SSSR count). The third kappa shape index (κ3) is 8.50.